The molecule has 2 aromatic rings. The summed E-state index contributed by atoms with van der Waals surface area (Å²) >= 11 is 5.65. The standard InChI is InChI=1S/C19H13ClFN3O4/c20-12-7-6-11(8-13(12)21)24-17(25)14-15(18(24)26)22-23-16(14)19(27)28-9-10-4-2-1-3-5-10/h1-8,14-15,22H,9H2/t14-,15+/m0/s1. The SMILES string of the molecule is O=C(OCc1ccccc1)C1=NN[C@H]2C(=O)N(c3ccc(Cl)c(F)c3)C(=O)[C@H]12. The largest absolute Gasteiger partial charge is 0.456 e. The van der Waals surface area contributed by atoms with Crippen molar-refractivity contribution in [2.24, 2.45) is 11.0 Å². The van der Waals surface area contributed by atoms with Crippen molar-refractivity contribution in [3.63, 3.8) is 0 Å². The highest BCUT2D eigenvalue weighted by atomic mass is 35.5. The van der Waals surface area contributed by atoms with E-state index in [1.54, 1.807) is 24.3 Å². The summed E-state index contributed by atoms with van der Waals surface area (Å²) in [7, 11) is 0. The molecule has 0 spiro atoms. The molecule has 4 rings (SSSR count). The molecular weight excluding hydrogens is 389 g/mol. The van der Waals surface area contributed by atoms with Crippen LogP contribution in [0.4, 0.5) is 10.1 Å². The molecule has 1 saturated heterocycles. The van der Waals surface area contributed by atoms with Gasteiger partial charge in [-0.1, -0.05) is 41.9 Å². The molecule has 28 heavy (non-hydrogen) atoms. The fraction of sp³-hybridized carbons (Fsp3) is 0.158. The van der Waals surface area contributed by atoms with Crippen LogP contribution >= 0.6 is 11.6 Å². The molecule has 0 bridgehead atoms. The fourth-order valence-electron chi connectivity index (χ4n) is 3.13. The Morgan fingerprint density at radius 3 is 2.64 bits per heavy atom. The minimum absolute atomic E-state index is 0.00429. The zero-order valence-electron chi connectivity index (χ0n) is 14.3. The highest BCUT2D eigenvalue weighted by molar-refractivity contribution is 6.46. The van der Waals surface area contributed by atoms with Crippen LogP contribution in [0.1, 0.15) is 5.56 Å². The van der Waals surface area contributed by atoms with Crippen LogP contribution in [0.15, 0.2) is 53.6 Å². The van der Waals surface area contributed by atoms with Gasteiger partial charge in [-0.05, 0) is 23.8 Å². The minimum atomic E-state index is -1.13. The second-order valence-corrected chi connectivity index (χ2v) is 6.66. The maximum atomic E-state index is 13.7. The lowest BCUT2D eigenvalue weighted by atomic mass is 9.99. The number of hydrogen-bond donors (Lipinski definition) is 1. The average molecular weight is 402 g/mol. The number of hydrogen-bond acceptors (Lipinski definition) is 6. The van der Waals surface area contributed by atoms with E-state index in [9.17, 15) is 18.8 Å². The van der Waals surface area contributed by atoms with E-state index in [0.29, 0.717) is 0 Å². The van der Waals surface area contributed by atoms with Gasteiger partial charge in [0, 0.05) is 0 Å². The molecule has 2 aromatic carbocycles. The van der Waals surface area contributed by atoms with Crippen molar-refractivity contribution in [3.05, 3.63) is 64.9 Å². The first-order valence-corrected chi connectivity index (χ1v) is 8.72. The lowest BCUT2D eigenvalue weighted by molar-refractivity contribution is -0.137. The van der Waals surface area contributed by atoms with Crippen molar-refractivity contribution in [2.45, 2.75) is 12.6 Å². The molecule has 0 unspecified atom stereocenters. The lowest BCUT2D eigenvalue weighted by Gasteiger charge is -2.16. The van der Waals surface area contributed by atoms with Gasteiger partial charge in [0.05, 0.1) is 10.7 Å². The Morgan fingerprint density at radius 2 is 1.93 bits per heavy atom. The number of carbonyl (C=O) groups excluding carboxylic acids is 3. The van der Waals surface area contributed by atoms with Gasteiger partial charge in [-0.25, -0.2) is 14.1 Å². The number of esters is 1. The van der Waals surface area contributed by atoms with Crippen molar-refractivity contribution < 1.29 is 23.5 Å². The summed E-state index contributed by atoms with van der Waals surface area (Å²) in [5.74, 6) is -4.01. The zero-order valence-corrected chi connectivity index (χ0v) is 15.0. The van der Waals surface area contributed by atoms with Crippen molar-refractivity contribution in [3.8, 4) is 0 Å². The molecule has 2 atom stereocenters. The van der Waals surface area contributed by atoms with E-state index in [0.717, 1.165) is 16.5 Å². The van der Waals surface area contributed by atoms with Crippen LogP contribution in [0.5, 0.6) is 0 Å². The summed E-state index contributed by atoms with van der Waals surface area (Å²) in [6, 6.07) is 11.6. The Labute approximate surface area is 163 Å². The highest BCUT2D eigenvalue weighted by Crippen LogP contribution is 2.32. The van der Waals surface area contributed by atoms with Gasteiger partial charge in [-0.15, -0.1) is 0 Å². The van der Waals surface area contributed by atoms with Crippen LogP contribution in [0.2, 0.25) is 5.02 Å². The number of benzene rings is 2. The lowest BCUT2D eigenvalue weighted by Crippen LogP contribution is -2.36. The summed E-state index contributed by atoms with van der Waals surface area (Å²) in [4.78, 5) is 38.6. The number of ether oxygens (including phenoxy) is 1. The van der Waals surface area contributed by atoms with Crippen molar-refractivity contribution in [1.82, 2.24) is 5.43 Å². The third kappa shape index (κ3) is 3.01. The molecule has 0 saturated carbocycles. The molecule has 2 aliphatic rings. The predicted molar refractivity (Wildman–Crippen MR) is 98.0 cm³/mol. The molecule has 7 nitrogen and oxygen atoms in total. The molecule has 2 aliphatic heterocycles. The van der Waals surface area contributed by atoms with Crippen LogP contribution in [-0.2, 0) is 25.7 Å². The second-order valence-electron chi connectivity index (χ2n) is 6.25. The van der Waals surface area contributed by atoms with Crippen LogP contribution in [-0.4, -0.2) is 29.5 Å². The summed E-state index contributed by atoms with van der Waals surface area (Å²) in [6.45, 7) is 0.00429. The zero-order chi connectivity index (χ0) is 19.8. The maximum Gasteiger partial charge on any atom is 0.355 e. The molecule has 142 valence electrons. The number of halogens is 2. The quantitative estimate of drug-likeness (QED) is 0.625. The number of anilines is 1. The Kier molecular flexibility index (Phi) is 4.56. The first-order chi connectivity index (χ1) is 13.5. The third-order valence-corrected chi connectivity index (χ3v) is 4.81. The second kappa shape index (κ2) is 7.05. The first kappa shape index (κ1) is 18.1. The van der Waals surface area contributed by atoms with Gasteiger partial charge in [0.2, 0.25) is 5.91 Å². The Balaban J connectivity index is 1.53. The number of nitrogens with one attached hydrogen (secondary N) is 1. The molecule has 1 N–H and O–H groups in total. The van der Waals surface area contributed by atoms with Gasteiger partial charge in [0.25, 0.3) is 5.91 Å². The van der Waals surface area contributed by atoms with Crippen LogP contribution < -0.4 is 10.3 Å². The van der Waals surface area contributed by atoms with E-state index in [1.165, 1.54) is 12.1 Å². The van der Waals surface area contributed by atoms with E-state index in [-0.39, 0.29) is 23.0 Å². The molecule has 1 fully saturated rings. The molecule has 9 heteroatoms. The molecule has 0 aliphatic carbocycles. The number of hydrazone groups is 1. The number of rotatable bonds is 4. The third-order valence-electron chi connectivity index (χ3n) is 4.51. The van der Waals surface area contributed by atoms with Crippen molar-refractivity contribution >= 4 is 40.8 Å². The number of nitrogens with zero attached hydrogens (tertiary/aromatic N) is 2. The van der Waals surface area contributed by atoms with E-state index in [1.807, 2.05) is 6.07 Å². The van der Waals surface area contributed by atoms with Crippen molar-refractivity contribution in [2.75, 3.05) is 4.90 Å². The van der Waals surface area contributed by atoms with E-state index in [2.05, 4.69) is 10.5 Å². The molecule has 0 aromatic heterocycles. The van der Waals surface area contributed by atoms with E-state index < -0.39 is 35.6 Å². The monoisotopic (exact) mass is 401 g/mol. The molecule has 2 amide bonds. The summed E-state index contributed by atoms with van der Waals surface area (Å²) in [5.41, 5.74) is 3.13. The minimum Gasteiger partial charge on any atom is -0.456 e. The summed E-state index contributed by atoms with van der Waals surface area (Å²) in [6.07, 6.45) is 0. The van der Waals surface area contributed by atoms with E-state index >= 15 is 0 Å². The van der Waals surface area contributed by atoms with Crippen LogP contribution in [0.3, 0.4) is 0 Å². The summed E-state index contributed by atoms with van der Waals surface area (Å²) < 4.78 is 19.0. The van der Waals surface area contributed by atoms with Gasteiger partial charge < -0.3 is 4.74 Å². The smallest absolute Gasteiger partial charge is 0.355 e. The topological polar surface area (TPSA) is 88.1 Å². The Hall–Kier alpha value is -3.26. The predicted octanol–water partition coefficient (Wildman–Crippen LogP) is 2.04. The number of imide groups is 1. The van der Waals surface area contributed by atoms with E-state index in [4.69, 9.17) is 16.3 Å². The van der Waals surface area contributed by atoms with Gasteiger partial charge in [-0.2, -0.15) is 5.10 Å². The van der Waals surface area contributed by atoms with Gasteiger partial charge in [-0.3, -0.25) is 15.0 Å². The van der Waals surface area contributed by atoms with Gasteiger partial charge in [0.1, 0.15) is 24.4 Å². The normalized spacial score (nSPS) is 20.6. The van der Waals surface area contributed by atoms with Crippen molar-refractivity contribution in [1.29, 1.82) is 0 Å². The molecular formula is C19H13ClFN3O4. The average Bonchev–Trinajstić information content (AvgIpc) is 3.24. The number of carbonyl (C=O) groups is 3. The van der Waals surface area contributed by atoms with Crippen LogP contribution in [0, 0.1) is 11.7 Å². The fourth-order valence-corrected chi connectivity index (χ4v) is 3.25. The van der Waals surface area contributed by atoms with Gasteiger partial charge in [0.15, 0.2) is 5.71 Å². The Morgan fingerprint density at radius 1 is 1.18 bits per heavy atom. The summed E-state index contributed by atoms with van der Waals surface area (Å²) in [5, 5.41) is 3.69. The van der Waals surface area contributed by atoms with Crippen LogP contribution in [0.25, 0.3) is 0 Å². The highest BCUT2D eigenvalue weighted by Gasteiger charge is 2.55. The first-order valence-electron chi connectivity index (χ1n) is 8.34. The molecule has 2 heterocycles. The van der Waals surface area contributed by atoms with Gasteiger partial charge >= 0.3 is 5.97 Å². The molecule has 0 radical (unpaired) electrons. The maximum absolute atomic E-state index is 13.7. The Bertz CT molecular complexity index is 1010. The number of fused-ring (bicyclic) bond motifs is 1. The number of amides is 2.